The average Bonchev–Trinajstić information content (AvgIpc) is 2.51. The van der Waals surface area contributed by atoms with E-state index in [1.165, 1.54) is 6.07 Å². The highest BCUT2D eigenvalue weighted by Crippen LogP contribution is 2.80. The second-order valence-corrected chi connectivity index (χ2v) is 7.88. The van der Waals surface area contributed by atoms with Gasteiger partial charge in [-0.2, -0.15) is 13.2 Å². The van der Waals surface area contributed by atoms with E-state index >= 15 is 0 Å². The van der Waals surface area contributed by atoms with Crippen molar-refractivity contribution in [2.75, 3.05) is 0 Å². The number of hydrogen-bond donors (Lipinski definition) is 0. The maximum Gasteiger partial charge on any atom is 0.445 e. The Labute approximate surface area is 104 Å². The van der Waals surface area contributed by atoms with Gasteiger partial charge in [0.1, 0.15) is 0 Å². The van der Waals surface area contributed by atoms with Crippen LogP contribution in [0.25, 0.3) is 6.08 Å². The van der Waals surface area contributed by atoms with E-state index in [1.807, 2.05) is 6.92 Å². The SMILES string of the molecule is CCC1=Cc2cc(C)ccc2S1(Cl)C(F)(F)F. The van der Waals surface area contributed by atoms with Gasteiger partial charge in [-0.3, -0.25) is 0 Å². The predicted molar refractivity (Wildman–Crippen MR) is 67.2 cm³/mol. The van der Waals surface area contributed by atoms with Crippen molar-refractivity contribution in [2.45, 2.75) is 30.7 Å². The number of halogens is 4. The Morgan fingerprint density at radius 2 is 1.94 bits per heavy atom. The molecule has 1 aliphatic rings. The Bertz CT molecular complexity index is 493. The Hall–Kier alpha value is -0.610. The minimum atomic E-state index is -4.39. The Kier molecular flexibility index (Phi) is 2.99. The van der Waals surface area contributed by atoms with Crippen molar-refractivity contribution in [3.05, 3.63) is 34.2 Å². The fraction of sp³-hybridized carbons (Fsp3) is 0.333. The number of allylic oxidation sites excluding steroid dienone is 1. The zero-order valence-corrected chi connectivity index (χ0v) is 11.0. The van der Waals surface area contributed by atoms with Crippen molar-refractivity contribution in [3.8, 4) is 0 Å². The molecule has 1 aromatic rings. The molecule has 1 heterocycles. The molecule has 0 spiro atoms. The van der Waals surface area contributed by atoms with Gasteiger partial charge < -0.3 is 0 Å². The van der Waals surface area contributed by atoms with E-state index in [4.69, 9.17) is 10.7 Å². The summed E-state index contributed by atoms with van der Waals surface area (Å²) in [7, 11) is 2.63. The minimum absolute atomic E-state index is 0.231. The number of alkyl halides is 3. The second-order valence-electron chi connectivity index (χ2n) is 3.99. The zero-order valence-electron chi connectivity index (χ0n) is 9.44. The summed E-state index contributed by atoms with van der Waals surface area (Å²) in [4.78, 5) is 0.529. The van der Waals surface area contributed by atoms with E-state index in [2.05, 4.69) is 0 Å². The molecule has 0 saturated heterocycles. The molecule has 0 fully saturated rings. The highest BCUT2D eigenvalue weighted by Gasteiger charge is 2.55. The van der Waals surface area contributed by atoms with Crippen LogP contribution in [-0.4, -0.2) is 5.51 Å². The number of fused-ring (bicyclic) bond motifs is 1. The van der Waals surface area contributed by atoms with Crippen LogP contribution in [0.1, 0.15) is 24.5 Å². The molecule has 0 aromatic heterocycles. The maximum absolute atomic E-state index is 13.2. The first-order chi connectivity index (χ1) is 7.80. The third-order valence-electron chi connectivity index (χ3n) is 2.81. The standard InChI is InChI=1S/C12H12ClF3S/c1-3-10-7-9-6-8(2)4-5-11(9)17(10,13)12(14,15)16/h4-7H,3H2,1-2H3. The van der Waals surface area contributed by atoms with Gasteiger partial charge in [-0.15, -0.1) is 0 Å². The van der Waals surface area contributed by atoms with Gasteiger partial charge in [0.05, 0.1) is 0 Å². The van der Waals surface area contributed by atoms with E-state index in [0.29, 0.717) is 16.9 Å². The van der Waals surface area contributed by atoms with Gasteiger partial charge in [0, 0.05) is 4.90 Å². The third kappa shape index (κ3) is 1.78. The van der Waals surface area contributed by atoms with E-state index < -0.39 is 14.7 Å². The van der Waals surface area contributed by atoms with Gasteiger partial charge in [-0.1, -0.05) is 24.6 Å². The first kappa shape index (κ1) is 12.8. The van der Waals surface area contributed by atoms with Crippen molar-refractivity contribution >= 4 is 26.0 Å². The summed E-state index contributed by atoms with van der Waals surface area (Å²) in [6.45, 7) is 3.57. The van der Waals surface area contributed by atoms with Crippen LogP contribution in [0.15, 0.2) is 28.0 Å². The van der Waals surface area contributed by atoms with E-state index in [0.717, 1.165) is 5.56 Å². The molecule has 1 aromatic carbocycles. The van der Waals surface area contributed by atoms with Gasteiger partial charge in [0.15, 0.2) is 0 Å². The molecule has 1 aliphatic heterocycles. The van der Waals surface area contributed by atoms with Gasteiger partial charge in [-0.05, 0) is 55.9 Å². The summed E-state index contributed by atoms with van der Waals surface area (Å²) >= 11 is 0. The molecule has 94 valence electrons. The lowest BCUT2D eigenvalue weighted by Crippen LogP contribution is -2.16. The molecule has 5 heteroatoms. The molecule has 1 atom stereocenters. The number of rotatable bonds is 1. The first-order valence-electron chi connectivity index (χ1n) is 5.21. The maximum atomic E-state index is 13.2. The third-order valence-corrected chi connectivity index (χ3v) is 7.18. The summed E-state index contributed by atoms with van der Waals surface area (Å²) in [6, 6.07) is 4.95. The summed E-state index contributed by atoms with van der Waals surface area (Å²) in [5, 5.41) is 0. The normalized spacial score (nSPS) is 27.3. The summed E-state index contributed by atoms with van der Waals surface area (Å²) in [5.74, 6) is 0. The fourth-order valence-corrected chi connectivity index (χ4v) is 5.10. The zero-order chi connectivity index (χ0) is 12.8. The lowest BCUT2D eigenvalue weighted by atomic mass is 10.1. The molecule has 1 unspecified atom stereocenters. The average molecular weight is 281 g/mol. The van der Waals surface area contributed by atoms with Crippen molar-refractivity contribution < 1.29 is 13.2 Å². The summed E-state index contributed by atoms with van der Waals surface area (Å²) < 4.78 is 39.7. The van der Waals surface area contributed by atoms with E-state index in [9.17, 15) is 13.2 Å². The Morgan fingerprint density at radius 3 is 2.47 bits per heavy atom. The van der Waals surface area contributed by atoms with Crippen molar-refractivity contribution in [1.29, 1.82) is 0 Å². The lowest BCUT2D eigenvalue weighted by Gasteiger charge is -2.34. The Morgan fingerprint density at radius 1 is 1.29 bits per heavy atom. The Balaban J connectivity index is 2.67. The number of hydrogen-bond acceptors (Lipinski definition) is 0. The molecule has 0 saturated carbocycles. The van der Waals surface area contributed by atoms with Gasteiger partial charge >= 0.3 is 5.51 Å². The fourth-order valence-electron chi connectivity index (χ4n) is 2.01. The van der Waals surface area contributed by atoms with Crippen LogP contribution < -0.4 is 0 Å². The highest BCUT2D eigenvalue weighted by atomic mass is 35.7. The van der Waals surface area contributed by atoms with E-state index in [1.54, 1.807) is 25.1 Å². The molecular formula is C12H12ClF3S. The van der Waals surface area contributed by atoms with E-state index in [-0.39, 0.29) is 4.90 Å². The summed E-state index contributed by atoms with van der Waals surface area (Å²) in [6.07, 6.45) is 1.92. The van der Waals surface area contributed by atoms with Crippen LogP contribution in [0.2, 0.25) is 0 Å². The van der Waals surface area contributed by atoms with Gasteiger partial charge in [-0.25, -0.2) is 0 Å². The molecule has 17 heavy (non-hydrogen) atoms. The van der Waals surface area contributed by atoms with Gasteiger partial charge in [0.2, 0.25) is 0 Å². The van der Waals surface area contributed by atoms with Crippen molar-refractivity contribution in [2.24, 2.45) is 0 Å². The molecular weight excluding hydrogens is 269 g/mol. The van der Waals surface area contributed by atoms with Crippen molar-refractivity contribution in [3.63, 3.8) is 0 Å². The van der Waals surface area contributed by atoms with Crippen molar-refractivity contribution in [1.82, 2.24) is 0 Å². The molecule has 0 aliphatic carbocycles. The quantitative estimate of drug-likeness (QED) is 0.628. The topological polar surface area (TPSA) is 0 Å². The lowest BCUT2D eigenvalue weighted by molar-refractivity contribution is -0.0359. The molecule has 0 amide bonds. The molecule has 0 nitrogen and oxygen atoms in total. The van der Waals surface area contributed by atoms with Crippen LogP contribution in [0.4, 0.5) is 13.2 Å². The minimum Gasteiger partial charge on any atom is -0.160 e. The smallest absolute Gasteiger partial charge is 0.160 e. The van der Waals surface area contributed by atoms with Crippen LogP contribution in [0.5, 0.6) is 0 Å². The van der Waals surface area contributed by atoms with Crippen LogP contribution in [-0.2, 0) is 0 Å². The monoisotopic (exact) mass is 280 g/mol. The summed E-state index contributed by atoms with van der Waals surface area (Å²) in [5.41, 5.74) is -2.83. The molecule has 0 bridgehead atoms. The van der Waals surface area contributed by atoms with Crippen LogP contribution in [0, 0.1) is 6.92 Å². The predicted octanol–water partition coefficient (Wildman–Crippen LogP) is 5.60. The number of aryl methyl sites for hydroxylation is 1. The number of benzene rings is 1. The van der Waals surface area contributed by atoms with Gasteiger partial charge in [0.25, 0.3) is 0 Å². The van der Waals surface area contributed by atoms with Crippen LogP contribution >= 0.6 is 19.9 Å². The largest absolute Gasteiger partial charge is 0.445 e. The highest BCUT2D eigenvalue weighted by molar-refractivity contribution is 8.54. The second kappa shape index (κ2) is 3.95. The molecule has 0 N–H and O–H groups in total. The molecule has 2 rings (SSSR count). The molecule has 0 radical (unpaired) electrons. The first-order valence-corrected chi connectivity index (χ1v) is 7.67. The van der Waals surface area contributed by atoms with Crippen LogP contribution in [0.3, 0.4) is 0 Å².